The Balaban J connectivity index is 2.58. The normalized spacial score (nSPS) is 21.8. The van der Waals surface area contributed by atoms with Crippen molar-refractivity contribution >= 4 is 16.0 Å². The Bertz CT molecular complexity index is 414. The zero-order valence-corrected chi connectivity index (χ0v) is 10.3. The second-order valence-electron chi connectivity index (χ2n) is 3.49. The van der Waals surface area contributed by atoms with E-state index in [1.807, 2.05) is 6.07 Å². The van der Waals surface area contributed by atoms with E-state index < -0.39 is 22.1 Å². The summed E-state index contributed by atoms with van der Waals surface area (Å²) in [6.07, 6.45) is -0.926. The number of methoxy groups -OCH3 is 1. The highest BCUT2D eigenvalue weighted by atomic mass is 32.2. The van der Waals surface area contributed by atoms with Crippen LogP contribution in [-0.4, -0.2) is 57.4 Å². The molecule has 1 saturated heterocycles. The van der Waals surface area contributed by atoms with Gasteiger partial charge in [0.2, 0.25) is 10.0 Å². The van der Waals surface area contributed by atoms with Crippen LogP contribution in [-0.2, 0) is 24.3 Å². The Morgan fingerprint density at radius 2 is 2.35 bits per heavy atom. The molecule has 0 amide bonds. The molecule has 1 fully saturated rings. The van der Waals surface area contributed by atoms with E-state index in [2.05, 4.69) is 4.74 Å². The van der Waals surface area contributed by atoms with Crippen LogP contribution in [0.4, 0.5) is 0 Å². The Morgan fingerprint density at radius 3 is 2.94 bits per heavy atom. The number of ether oxygens (including phenoxy) is 2. The second-order valence-corrected chi connectivity index (χ2v) is 5.58. The maximum atomic E-state index is 11.8. The zero-order chi connectivity index (χ0) is 12.9. The Morgan fingerprint density at radius 1 is 1.65 bits per heavy atom. The molecule has 0 spiro atoms. The van der Waals surface area contributed by atoms with Gasteiger partial charge in [-0.15, -0.1) is 0 Å². The average Bonchev–Trinajstić information content (AvgIpc) is 2.36. The van der Waals surface area contributed by atoms with Gasteiger partial charge >= 0.3 is 5.97 Å². The number of rotatable bonds is 4. The predicted molar refractivity (Wildman–Crippen MR) is 57.3 cm³/mol. The highest BCUT2D eigenvalue weighted by Crippen LogP contribution is 2.11. The van der Waals surface area contributed by atoms with Crippen LogP contribution in [0.15, 0.2) is 0 Å². The van der Waals surface area contributed by atoms with Crippen molar-refractivity contribution in [1.82, 2.24) is 4.31 Å². The summed E-state index contributed by atoms with van der Waals surface area (Å²) < 4.78 is 34.2. The van der Waals surface area contributed by atoms with E-state index in [1.54, 1.807) is 0 Å². The number of hydrogen-bond acceptors (Lipinski definition) is 6. The van der Waals surface area contributed by atoms with Crippen LogP contribution < -0.4 is 0 Å². The van der Waals surface area contributed by atoms with Crippen molar-refractivity contribution in [3.8, 4) is 6.07 Å². The summed E-state index contributed by atoms with van der Waals surface area (Å²) in [4.78, 5) is 10.9. The molecule has 0 bridgehead atoms. The molecule has 1 atom stereocenters. The Hall–Kier alpha value is -1.17. The molecule has 1 aliphatic heterocycles. The fourth-order valence-electron chi connectivity index (χ4n) is 1.40. The smallest absolute Gasteiger partial charge is 0.306 e. The zero-order valence-electron chi connectivity index (χ0n) is 9.46. The van der Waals surface area contributed by atoms with Crippen LogP contribution in [0.2, 0.25) is 0 Å². The molecule has 96 valence electrons. The molecule has 7 nitrogen and oxygen atoms in total. The quantitative estimate of drug-likeness (QED) is 0.609. The summed E-state index contributed by atoms with van der Waals surface area (Å²) in [5, 5.41) is 8.66. The number of carbonyl (C=O) groups is 1. The molecule has 0 aromatic carbocycles. The van der Waals surface area contributed by atoms with E-state index in [-0.39, 0.29) is 31.9 Å². The Kier molecular flexibility index (Phi) is 4.86. The topological polar surface area (TPSA) is 96.7 Å². The van der Waals surface area contributed by atoms with Gasteiger partial charge in [0.1, 0.15) is 0 Å². The van der Waals surface area contributed by atoms with Crippen molar-refractivity contribution in [2.24, 2.45) is 0 Å². The van der Waals surface area contributed by atoms with Gasteiger partial charge in [-0.3, -0.25) is 4.79 Å². The summed E-state index contributed by atoms with van der Waals surface area (Å²) in [6, 6.07) is 1.86. The van der Waals surface area contributed by atoms with Gasteiger partial charge in [-0.1, -0.05) is 0 Å². The molecule has 1 heterocycles. The lowest BCUT2D eigenvalue weighted by Gasteiger charge is -2.28. The van der Waals surface area contributed by atoms with Crippen LogP contribution in [0.3, 0.4) is 0 Å². The predicted octanol–water partition coefficient (Wildman–Crippen LogP) is -0.896. The van der Waals surface area contributed by atoms with Crippen LogP contribution in [0, 0.1) is 11.3 Å². The molecule has 8 heteroatoms. The van der Waals surface area contributed by atoms with E-state index >= 15 is 0 Å². The second kappa shape index (κ2) is 5.95. The van der Waals surface area contributed by atoms with Crippen molar-refractivity contribution in [2.75, 3.05) is 32.6 Å². The summed E-state index contributed by atoms with van der Waals surface area (Å²) in [6.45, 7) is 0.414. The first-order valence-electron chi connectivity index (χ1n) is 5.05. The van der Waals surface area contributed by atoms with Gasteiger partial charge in [0.05, 0.1) is 38.5 Å². The largest absolute Gasteiger partial charge is 0.469 e. The maximum Gasteiger partial charge on any atom is 0.306 e. The van der Waals surface area contributed by atoms with Crippen molar-refractivity contribution < 1.29 is 22.7 Å². The SMILES string of the molecule is COC(=O)CCS(=O)(=O)N1CCOC(C#N)C1. The van der Waals surface area contributed by atoms with Gasteiger partial charge < -0.3 is 9.47 Å². The van der Waals surface area contributed by atoms with Crippen molar-refractivity contribution in [3.05, 3.63) is 0 Å². The lowest BCUT2D eigenvalue weighted by atomic mass is 10.3. The van der Waals surface area contributed by atoms with E-state index in [4.69, 9.17) is 10.00 Å². The van der Waals surface area contributed by atoms with Crippen molar-refractivity contribution in [2.45, 2.75) is 12.5 Å². The maximum absolute atomic E-state index is 11.8. The number of sulfonamides is 1. The van der Waals surface area contributed by atoms with Gasteiger partial charge in [0, 0.05) is 6.54 Å². The van der Waals surface area contributed by atoms with Crippen LogP contribution in [0.5, 0.6) is 0 Å². The molecule has 0 N–H and O–H groups in total. The highest BCUT2D eigenvalue weighted by molar-refractivity contribution is 7.89. The molecule has 1 rings (SSSR count). The summed E-state index contributed by atoms with van der Waals surface area (Å²) >= 11 is 0. The van der Waals surface area contributed by atoms with Gasteiger partial charge in [-0.05, 0) is 0 Å². The number of morpholine rings is 1. The fraction of sp³-hybridized carbons (Fsp3) is 0.778. The van der Waals surface area contributed by atoms with E-state index in [0.717, 1.165) is 0 Å². The molecule has 1 aliphatic rings. The molecular weight excluding hydrogens is 248 g/mol. The minimum absolute atomic E-state index is 0.0139. The molecule has 0 aromatic heterocycles. The summed E-state index contributed by atoms with van der Waals surface area (Å²) in [5.74, 6) is -0.878. The highest BCUT2D eigenvalue weighted by Gasteiger charge is 2.29. The number of nitriles is 1. The van der Waals surface area contributed by atoms with E-state index in [0.29, 0.717) is 0 Å². The lowest BCUT2D eigenvalue weighted by molar-refractivity contribution is -0.140. The van der Waals surface area contributed by atoms with E-state index in [1.165, 1.54) is 11.4 Å². The Labute approximate surface area is 100.0 Å². The molecule has 0 saturated carbocycles. The first-order chi connectivity index (χ1) is 7.99. The molecule has 0 radical (unpaired) electrons. The molecule has 1 unspecified atom stereocenters. The summed E-state index contributed by atoms with van der Waals surface area (Å²) in [7, 11) is -2.33. The first-order valence-corrected chi connectivity index (χ1v) is 6.66. The van der Waals surface area contributed by atoms with Crippen LogP contribution >= 0.6 is 0 Å². The number of esters is 1. The van der Waals surface area contributed by atoms with Gasteiger partial charge in [-0.2, -0.15) is 9.57 Å². The molecule has 17 heavy (non-hydrogen) atoms. The minimum Gasteiger partial charge on any atom is -0.469 e. The molecular formula is C9H14N2O5S. The van der Waals surface area contributed by atoms with Gasteiger partial charge in [-0.25, -0.2) is 8.42 Å². The minimum atomic E-state index is -3.53. The lowest BCUT2D eigenvalue weighted by Crippen LogP contribution is -2.46. The third kappa shape index (κ3) is 3.96. The van der Waals surface area contributed by atoms with Crippen molar-refractivity contribution in [3.63, 3.8) is 0 Å². The molecule has 0 aromatic rings. The van der Waals surface area contributed by atoms with Gasteiger partial charge in [0.15, 0.2) is 6.10 Å². The third-order valence-corrected chi connectivity index (χ3v) is 4.20. The average molecular weight is 262 g/mol. The monoisotopic (exact) mass is 262 g/mol. The standard InChI is InChI=1S/C9H14N2O5S/c1-15-9(12)2-5-17(13,14)11-3-4-16-8(6-10)7-11/h8H,2-5,7H2,1H3. The number of hydrogen-bond donors (Lipinski definition) is 0. The van der Waals surface area contributed by atoms with E-state index in [9.17, 15) is 13.2 Å². The van der Waals surface area contributed by atoms with Crippen LogP contribution in [0.25, 0.3) is 0 Å². The number of nitrogens with zero attached hydrogens (tertiary/aromatic N) is 2. The summed E-state index contributed by atoms with van der Waals surface area (Å²) in [5.41, 5.74) is 0. The van der Waals surface area contributed by atoms with Gasteiger partial charge in [0.25, 0.3) is 0 Å². The number of carbonyl (C=O) groups excluding carboxylic acids is 1. The fourth-order valence-corrected chi connectivity index (χ4v) is 2.80. The molecule has 0 aliphatic carbocycles. The van der Waals surface area contributed by atoms with Crippen LogP contribution in [0.1, 0.15) is 6.42 Å². The first kappa shape index (κ1) is 13.9. The third-order valence-electron chi connectivity index (χ3n) is 2.36. The van der Waals surface area contributed by atoms with Crippen molar-refractivity contribution in [1.29, 1.82) is 5.26 Å².